The van der Waals surface area contributed by atoms with Crippen molar-refractivity contribution >= 4 is 40.1 Å². The maximum Gasteiger partial charge on any atom is 0.268 e. The van der Waals surface area contributed by atoms with Gasteiger partial charge in [-0.2, -0.15) is 5.10 Å². The molecule has 6 rings (SSSR count). The second-order valence-corrected chi connectivity index (χ2v) is 11.3. The summed E-state index contributed by atoms with van der Waals surface area (Å²) in [7, 11) is 0. The summed E-state index contributed by atoms with van der Waals surface area (Å²) < 4.78 is 2.03. The van der Waals surface area contributed by atoms with Crippen molar-refractivity contribution in [1.82, 2.24) is 30.0 Å². The number of carbonyl (C=O) groups excluding carboxylic acids is 2. The van der Waals surface area contributed by atoms with Crippen molar-refractivity contribution in [2.75, 3.05) is 18.4 Å². The van der Waals surface area contributed by atoms with E-state index < -0.39 is 0 Å². The van der Waals surface area contributed by atoms with Gasteiger partial charge in [0.05, 0.1) is 26.8 Å². The number of anilines is 1. The van der Waals surface area contributed by atoms with Gasteiger partial charge in [0, 0.05) is 25.8 Å². The summed E-state index contributed by atoms with van der Waals surface area (Å²) in [5.74, 6) is 0.995. The van der Waals surface area contributed by atoms with E-state index in [9.17, 15) is 9.59 Å². The molecule has 3 aromatic heterocycles. The second-order valence-electron chi connectivity index (χ2n) is 10.2. The van der Waals surface area contributed by atoms with Gasteiger partial charge in [0.2, 0.25) is 11.9 Å². The van der Waals surface area contributed by atoms with Gasteiger partial charge in [0.15, 0.2) is 0 Å². The Morgan fingerprint density at radius 3 is 2.85 bits per heavy atom. The van der Waals surface area contributed by atoms with Gasteiger partial charge in [-0.3, -0.25) is 14.9 Å². The number of aromatic nitrogens is 4. The summed E-state index contributed by atoms with van der Waals surface area (Å²) in [4.78, 5) is 34.0. The Bertz CT molecular complexity index is 1510. The molecule has 39 heavy (non-hydrogen) atoms. The minimum Gasteiger partial charge on any atom is -0.334 e. The van der Waals surface area contributed by atoms with Crippen LogP contribution in [0.4, 0.5) is 5.95 Å². The molecule has 1 saturated carbocycles. The van der Waals surface area contributed by atoms with Crippen LogP contribution in [0.2, 0.25) is 0 Å². The Labute approximate surface area is 231 Å². The number of fused-ring (bicyclic) bond motifs is 1. The third-order valence-corrected chi connectivity index (χ3v) is 8.49. The van der Waals surface area contributed by atoms with Crippen LogP contribution in [0.25, 0.3) is 21.6 Å². The van der Waals surface area contributed by atoms with Crippen LogP contribution in [0.3, 0.4) is 0 Å². The number of thiophene rings is 1. The normalized spacial score (nSPS) is 17.0. The lowest BCUT2D eigenvalue weighted by molar-refractivity contribution is -0.126. The molecule has 10 heteroatoms. The van der Waals surface area contributed by atoms with Crippen molar-refractivity contribution in [1.29, 1.82) is 0 Å². The van der Waals surface area contributed by atoms with E-state index >= 15 is 0 Å². The lowest BCUT2D eigenvalue weighted by Gasteiger charge is -2.24. The molecular formula is C29H31N7O2S. The summed E-state index contributed by atoms with van der Waals surface area (Å²) in [5.41, 5.74) is 3.63. The zero-order valence-electron chi connectivity index (χ0n) is 21.7. The molecule has 1 unspecified atom stereocenters. The van der Waals surface area contributed by atoms with E-state index in [1.807, 2.05) is 27.7 Å². The van der Waals surface area contributed by atoms with Gasteiger partial charge in [-0.1, -0.05) is 12.6 Å². The first-order valence-electron chi connectivity index (χ1n) is 13.4. The molecule has 2 N–H and O–H groups in total. The molecule has 9 nitrogen and oxygen atoms in total. The standard InChI is InChI=1S/C29H31N7O2S/c1-2-27(37)35-14-4-5-21(35)18-36-24-10-9-20(17-30-16-19-7-8-19)15-23(24)32-29(36)33-28(38)26-12-11-25(39-26)22-6-3-13-31-34-22/h2-3,6,9-13,15,19,21,30H,1,4-5,7-8,14,16-18H2,(H,32,33,38). The number of benzene rings is 1. The fourth-order valence-electron chi connectivity index (χ4n) is 5.15. The zero-order chi connectivity index (χ0) is 26.8. The highest BCUT2D eigenvalue weighted by atomic mass is 32.1. The fourth-order valence-corrected chi connectivity index (χ4v) is 6.01. The van der Waals surface area contributed by atoms with E-state index in [1.54, 1.807) is 12.3 Å². The predicted octanol–water partition coefficient (Wildman–Crippen LogP) is 4.48. The second kappa shape index (κ2) is 11.1. The van der Waals surface area contributed by atoms with Crippen LogP contribution < -0.4 is 10.6 Å². The average molecular weight is 542 g/mol. The van der Waals surface area contributed by atoms with Crippen molar-refractivity contribution in [3.05, 3.63) is 71.8 Å². The minimum atomic E-state index is -0.233. The van der Waals surface area contributed by atoms with Crippen molar-refractivity contribution < 1.29 is 9.59 Å². The highest BCUT2D eigenvalue weighted by Gasteiger charge is 2.29. The van der Waals surface area contributed by atoms with E-state index in [1.165, 1.54) is 30.3 Å². The largest absolute Gasteiger partial charge is 0.334 e. The van der Waals surface area contributed by atoms with Crippen molar-refractivity contribution in [2.24, 2.45) is 5.92 Å². The number of amides is 2. The lowest BCUT2D eigenvalue weighted by atomic mass is 10.2. The molecule has 0 bridgehead atoms. The monoisotopic (exact) mass is 541 g/mol. The molecule has 4 aromatic rings. The molecule has 1 aromatic carbocycles. The molecule has 4 heterocycles. The number of rotatable bonds is 10. The van der Waals surface area contributed by atoms with Crippen LogP contribution >= 0.6 is 11.3 Å². The number of nitrogens with one attached hydrogen (secondary N) is 2. The minimum absolute atomic E-state index is 0.00781. The van der Waals surface area contributed by atoms with E-state index in [2.05, 4.69) is 45.6 Å². The summed E-state index contributed by atoms with van der Waals surface area (Å²) in [5, 5.41) is 14.7. The molecule has 0 spiro atoms. The quantitative estimate of drug-likeness (QED) is 0.287. The molecule has 2 fully saturated rings. The van der Waals surface area contributed by atoms with Crippen LogP contribution in [0, 0.1) is 5.92 Å². The van der Waals surface area contributed by atoms with Gasteiger partial charge in [-0.25, -0.2) is 4.98 Å². The van der Waals surface area contributed by atoms with E-state index in [0.717, 1.165) is 59.0 Å². The number of nitrogens with zero attached hydrogens (tertiary/aromatic N) is 5. The van der Waals surface area contributed by atoms with Gasteiger partial charge in [-0.05, 0) is 86.2 Å². The van der Waals surface area contributed by atoms with Crippen LogP contribution in [0.1, 0.15) is 40.9 Å². The smallest absolute Gasteiger partial charge is 0.268 e. The summed E-state index contributed by atoms with van der Waals surface area (Å²) >= 11 is 1.36. The first-order valence-corrected chi connectivity index (χ1v) is 14.2. The topological polar surface area (TPSA) is 105 Å². The van der Waals surface area contributed by atoms with Gasteiger partial charge >= 0.3 is 0 Å². The third-order valence-electron chi connectivity index (χ3n) is 7.38. The first kappa shape index (κ1) is 25.4. The Kier molecular flexibility index (Phi) is 7.21. The van der Waals surface area contributed by atoms with Crippen LogP contribution in [0.15, 0.2) is 61.3 Å². The van der Waals surface area contributed by atoms with Crippen molar-refractivity contribution in [3.8, 4) is 10.6 Å². The molecule has 200 valence electrons. The number of hydrogen-bond acceptors (Lipinski definition) is 7. The molecule has 2 aliphatic rings. The van der Waals surface area contributed by atoms with Crippen molar-refractivity contribution in [2.45, 2.75) is 44.8 Å². The molecule has 0 radical (unpaired) electrons. The highest BCUT2D eigenvalue weighted by Crippen LogP contribution is 2.30. The maximum absolute atomic E-state index is 13.3. The SMILES string of the molecule is C=CC(=O)N1CCCC1Cn1c(NC(=O)c2ccc(-c3cccnn3)s2)nc2cc(CNCC3CC3)ccc21. The molecule has 1 saturated heterocycles. The number of imidazole rings is 1. The fraction of sp³-hybridized carbons (Fsp3) is 0.345. The molecular weight excluding hydrogens is 510 g/mol. The Balaban J connectivity index is 1.28. The molecule has 1 atom stereocenters. The van der Waals surface area contributed by atoms with E-state index in [4.69, 9.17) is 4.98 Å². The van der Waals surface area contributed by atoms with E-state index in [-0.39, 0.29) is 17.9 Å². The van der Waals surface area contributed by atoms with Crippen molar-refractivity contribution in [3.63, 3.8) is 0 Å². The van der Waals surface area contributed by atoms with Gasteiger partial charge in [0.1, 0.15) is 5.69 Å². The predicted molar refractivity (Wildman–Crippen MR) is 152 cm³/mol. The van der Waals surface area contributed by atoms with Gasteiger partial charge in [0.25, 0.3) is 5.91 Å². The molecule has 1 aliphatic carbocycles. The third kappa shape index (κ3) is 5.62. The number of carbonyl (C=O) groups is 2. The maximum atomic E-state index is 13.3. The first-order chi connectivity index (χ1) is 19.1. The van der Waals surface area contributed by atoms with Crippen LogP contribution in [-0.4, -0.2) is 55.6 Å². The number of hydrogen-bond donors (Lipinski definition) is 2. The molecule has 1 aliphatic heterocycles. The Morgan fingerprint density at radius 2 is 2.05 bits per heavy atom. The van der Waals surface area contributed by atoms with Crippen LogP contribution in [-0.2, 0) is 17.9 Å². The highest BCUT2D eigenvalue weighted by molar-refractivity contribution is 7.17. The molecule has 2 amide bonds. The van der Waals surface area contributed by atoms with Gasteiger partial charge in [-0.15, -0.1) is 16.4 Å². The lowest BCUT2D eigenvalue weighted by Crippen LogP contribution is -2.37. The summed E-state index contributed by atoms with van der Waals surface area (Å²) in [6.45, 7) is 6.75. The summed E-state index contributed by atoms with van der Waals surface area (Å²) in [6.07, 6.45) is 7.46. The average Bonchev–Trinajstić information content (AvgIpc) is 3.33. The van der Waals surface area contributed by atoms with Gasteiger partial charge < -0.3 is 14.8 Å². The summed E-state index contributed by atoms with van der Waals surface area (Å²) in [6, 6.07) is 13.6. The number of likely N-dealkylation sites (tertiary alicyclic amines) is 1. The Hall–Kier alpha value is -3.89. The zero-order valence-corrected chi connectivity index (χ0v) is 22.5. The van der Waals surface area contributed by atoms with E-state index in [0.29, 0.717) is 23.9 Å². The van der Waals surface area contributed by atoms with Crippen LogP contribution in [0.5, 0.6) is 0 Å². The Morgan fingerprint density at radius 1 is 1.15 bits per heavy atom.